The Labute approximate surface area is 191 Å². The fraction of sp³-hybridized carbons (Fsp3) is 0.333. The number of carbonyl (C=O) groups is 1. The zero-order chi connectivity index (χ0) is 22.4. The van der Waals surface area contributed by atoms with E-state index in [4.69, 9.17) is 11.6 Å². The first-order valence-corrected chi connectivity index (χ1v) is 11.0. The lowest BCUT2D eigenvalue weighted by molar-refractivity contribution is 0.0778. The number of anilines is 1. The van der Waals surface area contributed by atoms with E-state index >= 15 is 0 Å². The molecule has 0 bridgehead atoms. The Morgan fingerprint density at radius 2 is 1.72 bits per heavy atom. The molecule has 1 amide bonds. The zero-order valence-electron chi connectivity index (χ0n) is 17.9. The topological polar surface area (TPSA) is 62.2 Å². The molecule has 5 rings (SSSR count). The maximum Gasteiger partial charge on any atom is 0.257 e. The minimum atomic E-state index is -0.536. The third-order valence-electron chi connectivity index (χ3n) is 6.26. The van der Waals surface area contributed by atoms with Crippen molar-refractivity contribution < 1.29 is 9.18 Å². The summed E-state index contributed by atoms with van der Waals surface area (Å²) in [6.45, 7) is 6.70. The second kappa shape index (κ2) is 8.13. The van der Waals surface area contributed by atoms with Crippen molar-refractivity contribution in [2.75, 3.05) is 31.1 Å². The Kier molecular flexibility index (Phi) is 5.29. The molecule has 164 valence electrons. The van der Waals surface area contributed by atoms with Crippen molar-refractivity contribution in [3.63, 3.8) is 0 Å². The van der Waals surface area contributed by atoms with Gasteiger partial charge in [-0.1, -0.05) is 23.7 Å². The van der Waals surface area contributed by atoms with Crippen molar-refractivity contribution in [1.82, 2.24) is 19.9 Å². The SMILES string of the molecule is Cc1cc(C)nc(N2CC3CN(C(=O)c4c(F)cccc4-c4ccc(Cl)cn4)CC3C2)n1. The van der Waals surface area contributed by atoms with Gasteiger partial charge in [0.15, 0.2) is 0 Å². The number of nitrogens with zero attached hydrogens (tertiary/aromatic N) is 5. The molecule has 2 atom stereocenters. The van der Waals surface area contributed by atoms with Crippen LogP contribution in [0.5, 0.6) is 0 Å². The number of rotatable bonds is 3. The maximum absolute atomic E-state index is 14.8. The molecule has 0 aliphatic carbocycles. The van der Waals surface area contributed by atoms with Gasteiger partial charge in [-0.25, -0.2) is 14.4 Å². The summed E-state index contributed by atoms with van der Waals surface area (Å²) < 4.78 is 14.8. The lowest BCUT2D eigenvalue weighted by Gasteiger charge is -2.23. The number of amides is 1. The average Bonchev–Trinajstić information content (AvgIpc) is 3.32. The number of fused-ring (bicyclic) bond motifs is 1. The Morgan fingerprint density at radius 1 is 1.03 bits per heavy atom. The summed E-state index contributed by atoms with van der Waals surface area (Å²) >= 11 is 5.94. The standard InChI is InChI=1S/C24H23ClFN5O/c1-14-8-15(2)29-24(28-14)31-12-16-10-30(11-17(16)13-31)23(32)22-19(4-3-5-20(22)26)21-7-6-18(25)9-27-21/h3-9,16-17H,10-13H2,1-2H3. The highest BCUT2D eigenvalue weighted by atomic mass is 35.5. The van der Waals surface area contributed by atoms with E-state index in [-0.39, 0.29) is 11.5 Å². The van der Waals surface area contributed by atoms with E-state index < -0.39 is 5.82 Å². The third-order valence-corrected chi connectivity index (χ3v) is 6.48. The van der Waals surface area contributed by atoms with Crippen LogP contribution in [0.4, 0.5) is 10.3 Å². The van der Waals surface area contributed by atoms with Crippen molar-refractivity contribution in [1.29, 1.82) is 0 Å². The van der Waals surface area contributed by atoms with Crippen LogP contribution in [0.25, 0.3) is 11.3 Å². The number of hydrogen-bond donors (Lipinski definition) is 0. The van der Waals surface area contributed by atoms with Crippen molar-refractivity contribution >= 4 is 23.5 Å². The van der Waals surface area contributed by atoms with Gasteiger partial charge in [0.25, 0.3) is 5.91 Å². The van der Waals surface area contributed by atoms with Crippen LogP contribution in [-0.4, -0.2) is 51.9 Å². The van der Waals surface area contributed by atoms with Gasteiger partial charge in [-0.15, -0.1) is 0 Å². The van der Waals surface area contributed by atoms with Gasteiger partial charge in [0, 0.05) is 61.2 Å². The highest BCUT2D eigenvalue weighted by Crippen LogP contribution is 2.35. The van der Waals surface area contributed by atoms with Crippen molar-refractivity contribution in [3.05, 3.63) is 70.4 Å². The third kappa shape index (κ3) is 3.81. The first kappa shape index (κ1) is 20.8. The second-order valence-corrected chi connectivity index (χ2v) is 9.05. The molecule has 2 aromatic heterocycles. The minimum Gasteiger partial charge on any atom is -0.340 e. The molecule has 8 heteroatoms. The maximum atomic E-state index is 14.8. The number of benzene rings is 1. The Morgan fingerprint density at radius 3 is 2.34 bits per heavy atom. The number of likely N-dealkylation sites (tertiary alicyclic amines) is 1. The van der Waals surface area contributed by atoms with E-state index in [9.17, 15) is 9.18 Å². The highest BCUT2D eigenvalue weighted by Gasteiger charge is 2.43. The molecule has 2 unspecified atom stereocenters. The van der Waals surface area contributed by atoms with Gasteiger partial charge in [-0.2, -0.15) is 0 Å². The summed E-state index contributed by atoms with van der Waals surface area (Å²) in [7, 11) is 0. The first-order chi connectivity index (χ1) is 15.4. The fourth-order valence-corrected chi connectivity index (χ4v) is 4.93. The van der Waals surface area contributed by atoms with Gasteiger partial charge in [-0.05, 0) is 38.1 Å². The Hall–Kier alpha value is -3.06. The molecule has 2 saturated heterocycles. The normalized spacial score (nSPS) is 20.0. The van der Waals surface area contributed by atoms with Crippen LogP contribution in [0.15, 0.2) is 42.6 Å². The van der Waals surface area contributed by atoms with Gasteiger partial charge in [0.05, 0.1) is 16.3 Å². The van der Waals surface area contributed by atoms with Gasteiger partial charge < -0.3 is 9.80 Å². The molecule has 0 saturated carbocycles. The summed E-state index contributed by atoms with van der Waals surface area (Å²) in [5, 5.41) is 0.489. The van der Waals surface area contributed by atoms with Crippen molar-refractivity contribution in [2.45, 2.75) is 13.8 Å². The van der Waals surface area contributed by atoms with E-state index in [2.05, 4.69) is 19.9 Å². The van der Waals surface area contributed by atoms with Crippen molar-refractivity contribution in [3.8, 4) is 11.3 Å². The van der Waals surface area contributed by atoms with E-state index in [0.29, 0.717) is 41.2 Å². The van der Waals surface area contributed by atoms with Crippen LogP contribution in [0, 0.1) is 31.5 Å². The largest absolute Gasteiger partial charge is 0.340 e. The van der Waals surface area contributed by atoms with Crippen LogP contribution in [0.2, 0.25) is 5.02 Å². The first-order valence-electron chi connectivity index (χ1n) is 10.7. The predicted octanol–water partition coefficient (Wildman–Crippen LogP) is 4.16. The number of hydrogen-bond acceptors (Lipinski definition) is 5. The predicted molar refractivity (Wildman–Crippen MR) is 121 cm³/mol. The van der Waals surface area contributed by atoms with Crippen LogP contribution in [-0.2, 0) is 0 Å². The van der Waals surface area contributed by atoms with E-state index in [1.807, 2.05) is 19.9 Å². The smallest absolute Gasteiger partial charge is 0.257 e. The van der Waals surface area contributed by atoms with Gasteiger partial charge in [0.2, 0.25) is 5.95 Å². The lowest BCUT2D eigenvalue weighted by atomic mass is 10.0. The van der Waals surface area contributed by atoms with Gasteiger partial charge >= 0.3 is 0 Å². The van der Waals surface area contributed by atoms with E-state index in [0.717, 1.165) is 30.4 Å². The summed E-state index contributed by atoms with van der Waals surface area (Å²) in [5.74, 6) is 0.546. The molecule has 6 nitrogen and oxygen atoms in total. The van der Waals surface area contributed by atoms with Crippen LogP contribution in [0.1, 0.15) is 21.7 Å². The Balaban J connectivity index is 1.35. The molecular weight excluding hydrogens is 429 g/mol. The molecule has 4 heterocycles. The number of aromatic nitrogens is 3. The second-order valence-electron chi connectivity index (χ2n) is 8.61. The number of carbonyl (C=O) groups excluding carboxylic acids is 1. The summed E-state index contributed by atoms with van der Waals surface area (Å²) in [4.78, 5) is 30.8. The van der Waals surface area contributed by atoms with Crippen LogP contribution in [0.3, 0.4) is 0 Å². The van der Waals surface area contributed by atoms with Gasteiger partial charge in [0.1, 0.15) is 5.82 Å². The summed E-state index contributed by atoms with van der Waals surface area (Å²) in [6.07, 6.45) is 1.50. The Bertz CT molecular complexity index is 1150. The molecule has 0 N–H and O–H groups in total. The van der Waals surface area contributed by atoms with Gasteiger partial charge in [-0.3, -0.25) is 9.78 Å². The molecule has 3 aromatic rings. The molecule has 2 aliphatic heterocycles. The number of aryl methyl sites for hydroxylation is 2. The average molecular weight is 452 g/mol. The molecule has 0 spiro atoms. The minimum absolute atomic E-state index is 0.0665. The zero-order valence-corrected chi connectivity index (χ0v) is 18.7. The molecule has 2 fully saturated rings. The molecule has 0 radical (unpaired) electrons. The van der Waals surface area contributed by atoms with E-state index in [1.54, 1.807) is 29.2 Å². The number of pyridine rings is 1. The van der Waals surface area contributed by atoms with Crippen LogP contribution >= 0.6 is 11.6 Å². The highest BCUT2D eigenvalue weighted by molar-refractivity contribution is 6.30. The summed E-state index contributed by atoms with van der Waals surface area (Å²) in [5.41, 5.74) is 2.97. The molecule has 2 aliphatic rings. The van der Waals surface area contributed by atoms with Crippen molar-refractivity contribution in [2.24, 2.45) is 11.8 Å². The molecular formula is C24H23ClFN5O. The lowest BCUT2D eigenvalue weighted by Crippen LogP contribution is -2.34. The quantitative estimate of drug-likeness (QED) is 0.598. The number of halogens is 2. The van der Waals surface area contributed by atoms with E-state index in [1.165, 1.54) is 12.3 Å². The molecule has 32 heavy (non-hydrogen) atoms. The van der Waals surface area contributed by atoms with Crippen LogP contribution < -0.4 is 4.90 Å². The fourth-order valence-electron chi connectivity index (χ4n) is 4.82. The molecule has 1 aromatic carbocycles. The monoisotopic (exact) mass is 451 g/mol. The summed E-state index contributed by atoms with van der Waals surface area (Å²) in [6, 6.07) is 9.99.